The molecule has 0 atom stereocenters. The van der Waals surface area contributed by atoms with Crippen molar-refractivity contribution in [2.24, 2.45) is 0 Å². The van der Waals surface area contributed by atoms with Crippen molar-refractivity contribution >= 4 is 23.2 Å². The number of hydrogen-bond donors (Lipinski definition) is 0. The largest absolute Gasteiger partial charge is 0.418 e. The first-order valence-electron chi connectivity index (χ1n) is 5.90. The zero-order chi connectivity index (χ0) is 15.5. The molecule has 112 valence electrons. The van der Waals surface area contributed by atoms with Crippen LogP contribution in [0.5, 0.6) is 0 Å². The Kier molecular flexibility index (Phi) is 5.42. The van der Waals surface area contributed by atoms with Crippen molar-refractivity contribution < 1.29 is 22.7 Å². The van der Waals surface area contributed by atoms with Gasteiger partial charge in [-0.1, -0.05) is 17.7 Å². The van der Waals surface area contributed by atoms with E-state index in [9.17, 15) is 18.0 Å². The monoisotopic (exact) mass is 309 g/mol. The summed E-state index contributed by atoms with van der Waals surface area (Å²) in [5, 5.41) is -0.151. The van der Waals surface area contributed by atoms with Gasteiger partial charge in [0.25, 0.3) is 0 Å². The second kappa shape index (κ2) is 6.45. The fourth-order valence-corrected chi connectivity index (χ4v) is 1.83. The zero-order valence-corrected chi connectivity index (χ0v) is 12.0. The van der Waals surface area contributed by atoms with Crippen LogP contribution in [0.25, 0.3) is 0 Å². The van der Waals surface area contributed by atoms with E-state index in [1.54, 1.807) is 13.8 Å². The van der Waals surface area contributed by atoms with E-state index in [4.69, 9.17) is 16.3 Å². The fourth-order valence-electron chi connectivity index (χ4n) is 1.55. The maximum atomic E-state index is 13.0. The summed E-state index contributed by atoms with van der Waals surface area (Å²) in [6.45, 7) is 4.30. The summed E-state index contributed by atoms with van der Waals surface area (Å²) in [6.07, 6.45) is -4.83. The molecule has 0 spiro atoms. The van der Waals surface area contributed by atoms with Crippen molar-refractivity contribution in [3.05, 3.63) is 28.8 Å². The number of alkyl halides is 3. The van der Waals surface area contributed by atoms with Crippen LogP contribution in [0.1, 0.15) is 26.3 Å². The third-order valence-electron chi connectivity index (χ3n) is 2.48. The number of anilines is 1. The second-order valence-corrected chi connectivity index (χ2v) is 4.83. The molecule has 20 heavy (non-hydrogen) atoms. The Hall–Kier alpha value is -1.27. The molecular weight excluding hydrogens is 295 g/mol. The minimum atomic E-state index is -4.61. The van der Waals surface area contributed by atoms with Crippen molar-refractivity contribution in [3.63, 3.8) is 0 Å². The molecule has 0 aliphatic rings. The molecule has 0 aliphatic heterocycles. The van der Waals surface area contributed by atoms with Crippen molar-refractivity contribution in [1.82, 2.24) is 0 Å². The molecule has 1 aromatic rings. The highest BCUT2D eigenvalue weighted by atomic mass is 35.5. The number of carbonyl (C=O) groups is 1. The molecule has 0 saturated carbocycles. The molecule has 0 aromatic heterocycles. The van der Waals surface area contributed by atoms with Crippen molar-refractivity contribution in [3.8, 4) is 0 Å². The third kappa shape index (κ3) is 4.11. The lowest BCUT2D eigenvalue weighted by atomic mass is 10.1. The molecule has 0 radical (unpaired) electrons. The first-order chi connectivity index (χ1) is 9.14. The van der Waals surface area contributed by atoms with Gasteiger partial charge in [-0.2, -0.15) is 13.2 Å². The van der Waals surface area contributed by atoms with E-state index < -0.39 is 17.6 Å². The maximum Gasteiger partial charge on any atom is 0.418 e. The summed E-state index contributed by atoms with van der Waals surface area (Å²) in [5.41, 5.74) is -1.35. The highest BCUT2D eigenvalue weighted by Gasteiger charge is 2.36. The van der Waals surface area contributed by atoms with E-state index in [1.807, 2.05) is 0 Å². The third-order valence-corrected chi connectivity index (χ3v) is 2.78. The number of benzene rings is 1. The first kappa shape index (κ1) is 16.8. The molecule has 0 fully saturated rings. The van der Waals surface area contributed by atoms with Gasteiger partial charge < -0.3 is 4.74 Å². The molecule has 0 heterocycles. The van der Waals surface area contributed by atoms with Crippen molar-refractivity contribution in [2.45, 2.75) is 33.1 Å². The van der Waals surface area contributed by atoms with E-state index in [0.717, 1.165) is 17.9 Å². The van der Waals surface area contributed by atoms with E-state index in [-0.39, 0.29) is 23.5 Å². The summed E-state index contributed by atoms with van der Waals surface area (Å²) < 4.78 is 44.3. The van der Waals surface area contributed by atoms with Crippen LogP contribution in [0.2, 0.25) is 5.02 Å². The predicted molar refractivity (Wildman–Crippen MR) is 70.7 cm³/mol. The minimum Gasteiger partial charge on any atom is -0.358 e. The Labute approximate surface area is 120 Å². The van der Waals surface area contributed by atoms with Gasteiger partial charge in [-0.3, -0.25) is 9.69 Å². The average Bonchev–Trinajstić information content (AvgIpc) is 2.28. The first-order valence-corrected chi connectivity index (χ1v) is 6.27. The molecule has 0 aliphatic carbocycles. The number of ether oxygens (including phenoxy) is 1. The molecule has 1 amide bonds. The molecule has 1 aromatic carbocycles. The van der Waals surface area contributed by atoms with E-state index in [1.165, 1.54) is 12.1 Å². The Bertz CT molecular complexity index is 489. The minimum absolute atomic E-state index is 0.151. The fraction of sp³-hybridized carbons (Fsp3) is 0.462. The number of para-hydroxylation sites is 1. The maximum absolute atomic E-state index is 13.0. The highest BCUT2D eigenvalue weighted by molar-refractivity contribution is 6.34. The smallest absolute Gasteiger partial charge is 0.358 e. The van der Waals surface area contributed by atoms with Gasteiger partial charge in [0, 0.05) is 6.92 Å². The van der Waals surface area contributed by atoms with Crippen LogP contribution in [0.15, 0.2) is 18.2 Å². The standard InChI is InChI=1S/C13H15ClF3NO2/c1-8(2)20-7-18(9(3)19)12-10(13(15,16)17)5-4-6-11(12)14/h4-6,8H,7H2,1-3H3. The summed E-state index contributed by atoms with van der Waals surface area (Å²) >= 11 is 5.84. The molecular formula is C13H15ClF3NO2. The molecule has 7 heteroatoms. The molecule has 0 saturated heterocycles. The Morgan fingerprint density at radius 2 is 2.00 bits per heavy atom. The van der Waals surface area contributed by atoms with Crippen LogP contribution >= 0.6 is 11.6 Å². The van der Waals surface area contributed by atoms with Crippen molar-refractivity contribution in [1.29, 1.82) is 0 Å². The molecule has 0 unspecified atom stereocenters. The van der Waals surface area contributed by atoms with Crippen LogP contribution in [-0.2, 0) is 15.7 Å². The average molecular weight is 310 g/mol. The highest BCUT2D eigenvalue weighted by Crippen LogP contribution is 2.40. The van der Waals surface area contributed by atoms with Crippen LogP contribution in [0.3, 0.4) is 0 Å². The van der Waals surface area contributed by atoms with E-state index in [0.29, 0.717) is 0 Å². The van der Waals surface area contributed by atoms with Gasteiger partial charge >= 0.3 is 6.18 Å². The van der Waals surface area contributed by atoms with Gasteiger partial charge in [-0.05, 0) is 26.0 Å². The normalized spacial score (nSPS) is 11.8. The van der Waals surface area contributed by atoms with E-state index in [2.05, 4.69) is 0 Å². The topological polar surface area (TPSA) is 29.5 Å². The lowest BCUT2D eigenvalue weighted by molar-refractivity contribution is -0.137. The SMILES string of the molecule is CC(=O)N(COC(C)C)c1c(Cl)cccc1C(F)(F)F. The number of amides is 1. The molecule has 3 nitrogen and oxygen atoms in total. The Morgan fingerprint density at radius 3 is 2.45 bits per heavy atom. The number of nitrogens with zero attached hydrogens (tertiary/aromatic N) is 1. The van der Waals surface area contributed by atoms with Gasteiger partial charge in [0.15, 0.2) is 0 Å². The van der Waals surface area contributed by atoms with Gasteiger partial charge in [-0.15, -0.1) is 0 Å². The van der Waals surface area contributed by atoms with Crippen LogP contribution in [0, 0.1) is 0 Å². The molecule has 1 rings (SSSR count). The van der Waals surface area contributed by atoms with E-state index >= 15 is 0 Å². The van der Waals surface area contributed by atoms with Crippen LogP contribution < -0.4 is 4.90 Å². The van der Waals surface area contributed by atoms with Crippen LogP contribution in [-0.4, -0.2) is 18.7 Å². The number of hydrogen-bond acceptors (Lipinski definition) is 2. The molecule has 0 N–H and O–H groups in total. The number of halogens is 4. The second-order valence-electron chi connectivity index (χ2n) is 4.43. The summed E-state index contributed by atoms with van der Waals surface area (Å²) in [7, 11) is 0. The lowest BCUT2D eigenvalue weighted by Crippen LogP contribution is -2.34. The van der Waals surface area contributed by atoms with Gasteiger partial charge in [0.05, 0.1) is 22.4 Å². The summed E-state index contributed by atoms with van der Waals surface area (Å²) in [6, 6.07) is 3.38. The Morgan fingerprint density at radius 1 is 1.40 bits per heavy atom. The zero-order valence-electron chi connectivity index (χ0n) is 11.3. The summed E-state index contributed by atoms with van der Waals surface area (Å²) in [5.74, 6) is -0.579. The van der Waals surface area contributed by atoms with Gasteiger partial charge in [0.2, 0.25) is 5.91 Å². The van der Waals surface area contributed by atoms with Crippen molar-refractivity contribution in [2.75, 3.05) is 11.6 Å². The number of rotatable bonds is 4. The molecule has 0 bridgehead atoms. The van der Waals surface area contributed by atoms with Crippen LogP contribution in [0.4, 0.5) is 18.9 Å². The quantitative estimate of drug-likeness (QED) is 0.784. The number of carbonyl (C=O) groups excluding carboxylic acids is 1. The Balaban J connectivity index is 3.29. The predicted octanol–water partition coefficient (Wildman–Crippen LogP) is 4.09. The lowest BCUT2D eigenvalue weighted by Gasteiger charge is -2.26. The van der Waals surface area contributed by atoms with Gasteiger partial charge in [0.1, 0.15) is 6.73 Å². The van der Waals surface area contributed by atoms with Gasteiger partial charge in [-0.25, -0.2) is 0 Å². The summed E-state index contributed by atoms with van der Waals surface area (Å²) in [4.78, 5) is 12.5.